The molecule has 0 aliphatic carbocycles. The van der Waals surface area contributed by atoms with Crippen LogP contribution in [0.4, 0.5) is 0 Å². The van der Waals surface area contributed by atoms with Gasteiger partial charge in [-0.3, -0.25) is 4.79 Å². The van der Waals surface area contributed by atoms with E-state index in [1.54, 1.807) is 0 Å². The standard InChI is InChI=1S/C42H46O25/c43-11-23-29(53)34(58)39(41(62-23)65-37-31(55)27-21(50)9-16(45)10-22(27)61-36(37)15-3-5-18(47)20(49)8-15)67-42-38(33(57)28(52)24(12-44)63-42)66-40-35(59)32(56)30(54)25(64-40)13-60-26(51)6-2-14-1-4-17(46)19(48)7-14/h1-10,23-25,28-30,32-35,38-50,52-54,56-59H,11-13H2/b6-2+. The first-order chi connectivity index (χ1) is 31.8. The summed E-state index contributed by atoms with van der Waals surface area (Å²) in [5.41, 5.74) is -1.47. The van der Waals surface area contributed by atoms with Gasteiger partial charge in [-0.1, -0.05) is 6.07 Å². The minimum Gasteiger partial charge on any atom is -0.508 e. The number of ether oxygens (including phenoxy) is 7. The maximum atomic E-state index is 14.2. The van der Waals surface area contributed by atoms with Crippen molar-refractivity contribution in [2.45, 2.75) is 92.1 Å². The molecule has 67 heavy (non-hydrogen) atoms. The first-order valence-corrected chi connectivity index (χ1v) is 20.2. The molecule has 15 atom stereocenters. The predicted octanol–water partition coefficient (Wildman–Crippen LogP) is -3.21. The Morgan fingerprint density at radius 1 is 0.597 bits per heavy atom. The summed E-state index contributed by atoms with van der Waals surface area (Å²) >= 11 is 0. The fourth-order valence-electron chi connectivity index (χ4n) is 7.45. The third kappa shape index (κ3) is 10.1. The molecule has 3 aliphatic heterocycles. The van der Waals surface area contributed by atoms with Crippen molar-refractivity contribution in [1.82, 2.24) is 0 Å². The molecule has 4 heterocycles. The van der Waals surface area contributed by atoms with Crippen LogP contribution < -0.4 is 10.2 Å². The van der Waals surface area contributed by atoms with Gasteiger partial charge in [0.25, 0.3) is 0 Å². The number of aliphatic hydroxyl groups is 9. The van der Waals surface area contributed by atoms with Crippen LogP contribution in [0.3, 0.4) is 0 Å². The molecule has 3 saturated heterocycles. The highest BCUT2D eigenvalue weighted by Gasteiger charge is 2.55. The quantitative estimate of drug-likeness (QED) is 0.0356. The number of carbonyl (C=O) groups excluding carboxylic acids is 1. The molecule has 364 valence electrons. The van der Waals surface area contributed by atoms with Crippen LogP contribution in [0, 0.1) is 0 Å². The van der Waals surface area contributed by atoms with Crippen LogP contribution in [0.5, 0.6) is 40.2 Å². The van der Waals surface area contributed by atoms with Crippen molar-refractivity contribution in [2.24, 2.45) is 0 Å². The van der Waals surface area contributed by atoms with Crippen LogP contribution in [0.25, 0.3) is 28.4 Å². The summed E-state index contributed by atoms with van der Waals surface area (Å²) in [7, 11) is 0. The number of rotatable bonds is 13. The number of hydrogen-bond donors (Lipinski definition) is 15. The maximum Gasteiger partial charge on any atom is 0.330 e. The van der Waals surface area contributed by atoms with E-state index in [9.17, 15) is 86.2 Å². The van der Waals surface area contributed by atoms with E-state index in [1.165, 1.54) is 12.1 Å². The number of benzene rings is 3. The lowest BCUT2D eigenvalue weighted by Gasteiger charge is -2.48. The minimum absolute atomic E-state index is 0.162. The van der Waals surface area contributed by atoms with E-state index in [-0.39, 0.29) is 11.1 Å². The Hall–Kier alpha value is -5.88. The van der Waals surface area contributed by atoms with Crippen LogP contribution in [0.2, 0.25) is 0 Å². The zero-order valence-corrected chi connectivity index (χ0v) is 34.3. The summed E-state index contributed by atoms with van der Waals surface area (Å²) in [5.74, 6) is -5.95. The average molecular weight is 951 g/mol. The third-order valence-corrected chi connectivity index (χ3v) is 11.1. The summed E-state index contributed by atoms with van der Waals surface area (Å²) in [6, 6.07) is 8.53. The van der Waals surface area contributed by atoms with Gasteiger partial charge in [-0.25, -0.2) is 4.79 Å². The number of carbonyl (C=O) groups is 1. The first-order valence-electron chi connectivity index (χ1n) is 20.2. The number of phenols is 6. The van der Waals surface area contributed by atoms with Crippen molar-refractivity contribution in [2.75, 3.05) is 19.8 Å². The molecule has 3 aliphatic rings. The van der Waals surface area contributed by atoms with Crippen molar-refractivity contribution in [3.63, 3.8) is 0 Å². The van der Waals surface area contributed by atoms with Gasteiger partial charge in [0.2, 0.25) is 17.5 Å². The molecule has 0 amide bonds. The Kier molecular flexibility index (Phi) is 14.7. The Morgan fingerprint density at radius 3 is 1.79 bits per heavy atom. The lowest BCUT2D eigenvalue weighted by Crippen LogP contribution is -2.67. The van der Waals surface area contributed by atoms with Gasteiger partial charge in [0.1, 0.15) is 96.2 Å². The van der Waals surface area contributed by atoms with Gasteiger partial charge in [0.05, 0.1) is 13.2 Å². The molecule has 3 aromatic carbocycles. The molecular weight excluding hydrogens is 904 g/mol. The van der Waals surface area contributed by atoms with Crippen molar-refractivity contribution < 1.29 is 119 Å². The fraction of sp³-hybridized carbons (Fsp3) is 0.429. The van der Waals surface area contributed by atoms with Gasteiger partial charge in [-0.05, 0) is 42.0 Å². The molecule has 4 aromatic rings. The topological polar surface area (TPSA) is 415 Å². The summed E-state index contributed by atoms with van der Waals surface area (Å²) in [4.78, 5) is 26.7. The van der Waals surface area contributed by atoms with Crippen molar-refractivity contribution in [1.29, 1.82) is 0 Å². The molecule has 0 radical (unpaired) electrons. The van der Waals surface area contributed by atoms with Gasteiger partial charge in [0, 0.05) is 23.8 Å². The summed E-state index contributed by atoms with van der Waals surface area (Å²) in [5, 5.41) is 157. The van der Waals surface area contributed by atoms with Gasteiger partial charge >= 0.3 is 5.97 Å². The first kappa shape index (κ1) is 49.0. The Morgan fingerprint density at radius 2 is 1.16 bits per heavy atom. The molecule has 15 N–H and O–H groups in total. The molecule has 25 heteroatoms. The zero-order chi connectivity index (χ0) is 48.6. The number of esters is 1. The molecule has 0 bridgehead atoms. The molecule has 15 unspecified atom stereocenters. The van der Waals surface area contributed by atoms with Crippen LogP contribution in [0.15, 0.2) is 63.8 Å². The molecular formula is C42H46O25. The lowest BCUT2D eigenvalue weighted by atomic mass is 9.96. The van der Waals surface area contributed by atoms with Gasteiger partial charge in [-0.2, -0.15) is 0 Å². The van der Waals surface area contributed by atoms with Crippen LogP contribution >= 0.6 is 0 Å². The predicted molar refractivity (Wildman–Crippen MR) is 217 cm³/mol. The molecule has 3 fully saturated rings. The maximum absolute atomic E-state index is 14.2. The fourth-order valence-corrected chi connectivity index (χ4v) is 7.45. The second-order valence-corrected chi connectivity index (χ2v) is 15.6. The number of hydrogen-bond acceptors (Lipinski definition) is 25. The van der Waals surface area contributed by atoms with E-state index in [4.69, 9.17) is 37.6 Å². The highest BCUT2D eigenvalue weighted by atomic mass is 16.8. The second-order valence-electron chi connectivity index (χ2n) is 15.6. The van der Waals surface area contributed by atoms with E-state index in [2.05, 4.69) is 0 Å². The molecule has 1 aromatic heterocycles. The third-order valence-electron chi connectivity index (χ3n) is 11.1. The molecule has 0 spiro atoms. The second kappa shape index (κ2) is 20.1. The zero-order valence-electron chi connectivity index (χ0n) is 34.3. The molecule has 7 rings (SSSR count). The monoisotopic (exact) mass is 950 g/mol. The summed E-state index contributed by atoms with van der Waals surface area (Å²) < 4.78 is 45.8. The Balaban J connectivity index is 1.18. The Bertz CT molecular complexity index is 2490. The van der Waals surface area contributed by atoms with Crippen LogP contribution in [-0.2, 0) is 33.2 Å². The van der Waals surface area contributed by atoms with Crippen LogP contribution in [0.1, 0.15) is 5.56 Å². The van der Waals surface area contributed by atoms with Crippen molar-refractivity contribution in [3.05, 3.63) is 70.4 Å². The van der Waals surface area contributed by atoms with Gasteiger partial charge in [0.15, 0.2) is 47.4 Å². The largest absolute Gasteiger partial charge is 0.508 e. The van der Waals surface area contributed by atoms with Crippen molar-refractivity contribution >= 4 is 23.0 Å². The molecule has 0 saturated carbocycles. The SMILES string of the molecule is O=C(/C=C/c1ccc(O)c(O)c1)OCC1OC(OC2C(OC3C(Oc4c(-c5ccc(O)c(O)c5)oc5cc(O)cc(O)c5c4=O)OC(CO)C(O)C3O)OC(CO)C(O)C2O)C(O)C(O)C1O. The number of aliphatic hydroxyl groups excluding tert-OH is 9. The van der Waals surface area contributed by atoms with E-state index >= 15 is 0 Å². The lowest BCUT2D eigenvalue weighted by molar-refractivity contribution is -0.389. The van der Waals surface area contributed by atoms with E-state index < -0.39 is 180 Å². The van der Waals surface area contributed by atoms with E-state index in [0.717, 1.165) is 48.5 Å². The number of phenolic OH excluding ortho intramolecular Hbond substituents is 6. The van der Waals surface area contributed by atoms with E-state index in [0.29, 0.717) is 0 Å². The highest BCUT2D eigenvalue weighted by Crippen LogP contribution is 2.41. The number of fused-ring (bicyclic) bond motifs is 1. The van der Waals surface area contributed by atoms with E-state index in [1.807, 2.05) is 0 Å². The van der Waals surface area contributed by atoms with Gasteiger partial charge in [-0.15, -0.1) is 0 Å². The minimum atomic E-state index is -2.18. The number of aromatic hydroxyl groups is 6. The highest BCUT2D eigenvalue weighted by molar-refractivity contribution is 5.88. The smallest absolute Gasteiger partial charge is 0.330 e. The molecule has 25 nitrogen and oxygen atoms in total. The Labute approximate surface area is 375 Å². The van der Waals surface area contributed by atoms with Crippen LogP contribution in [-0.4, -0.2) is 195 Å². The van der Waals surface area contributed by atoms with Crippen molar-refractivity contribution in [3.8, 4) is 51.6 Å². The van der Waals surface area contributed by atoms with Gasteiger partial charge < -0.3 is 114 Å². The summed E-state index contributed by atoms with van der Waals surface area (Å²) in [6.07, 6.45) is -28.0. The summed E-state index contributed by atoms with van der Waals surface area (Å²) in [6.45, 7) is -2.78. The normalized spacial score (nSPS) is 32.3. The average Bonchev–Trinajstić information content (AvgIpc) is 3.29.